The maximum atomic E-state index is 10.5. The molecule has 1 aromatic carbocycles. The monoisotopic (exact) mass is 254 g/mol. The number of hydrogen-bond acceptors (Lipinski definition) is 2. The van der Waals surface area contributed by atoms with E-state index in [9.17, 15) is 4.79 Å². The van der Waals surface area contributed by atoms with Crippen molar-refractivity contribution in [2.24, 2.45) is 0 Å². The summed E-state index contributed by atoms with van der Waals surface area (Å²) in [7, 11) is 1.66. The van der Waals surface area contributed by atoms with E-state index in [4.69, 9.17) is 16.3 Å². The normalized spacial score (nSPS) is 11.4. The molecule has 0 saturated carbocycles. The number of hydrogen-bond donors (Lipinski definition) is 0. The average Bonchev–Trinajstić information content (AvgIpc) is 2.24. The molecule has 0 atom stereocenters. The Morgan fingerprint density at radius 1 is 1.35 bits per heavy atom. The summed E-state index contributed by atoms with van der Waals surface area (Å²) >= 11 is 6.12. The van der Waals surface area contributed by atoms with Crippen LogP contribution in [-0.2, 0) is 16.6 Å². The maximum Gasteiger partial charge on any atom is 0.125 e. The highest BCUT2D eigenvalue weighted by Gasteiger charge is 2.21. The first-order valence-corrected chi connectivity index (χ1v) is 6.08. The lowest BCUT2D eigenvalue weighted by molar-refractivity contribution is -0.107. The molecule has 0 amide bonds. The Morgan fingerprint density at radius 3 is 2.47 bits per heavy atom. The summed E-state index contributed by atoms with van der Waals surface area (Å²) in [6.45, 7) is 6.35. The van der Waals surface area contributed by atoms with Gasteiger partial charge in [-0.1, -0.05) is 32.4 Å². The van der Waals surface area contributed by atoms with Gasteiger partial charge in [-0.2, -0.15) is 0 Å². The van der Waals surface area contributed by atoms with Crippen LogP contribution in [-0.4, -0.2) is 13.4 Å². The van der Waals surface area contributed by atoms with Crippen LogP contribution < -0.4 is 4.74 Å². The van der Waals surface area contributed by atoms with Crippen molar-refractivity contribution in [2.45, 2.75) is 39.0 Å². The Bertz CT molecular complexity index is 405. The van der Waals surface area contributed by atoms with Gasteiger partial charge in [0.15, 0.2) is 0 Å². The van der Waals surface area contributed by atoms with E-state index in [1.54, 1.807) is 7.11 Å². The lowest BCUT2D eigenvalue weighted by atomic mass is 9.84. The molecule has 0 spiro atoms. The van der Waals surface area contributed by atoms with Crippen LogP contribution in [0.3, 0.4) is 0 Å². The SMILES string of the molecule is COc1c(CCC=O)cc(Cl)cc1C(C)(C)C. The Kier molecular flexibility index (Phi) is 4.58. The van der Waals surface area contributed by atoms with Gasteiger partial charge in [0.1, 0.15) is 12.0 Å². The van der Waals surface area contributed by atoms with Gasteiger partial charge in [-0.05, 0) is 29.5 Å². The Balaban J connectivity index is 3.30. The summed E-state index contributed by atoms with van der Waals surface area (Å²) in [5.41, 5.74) is 2.04. The summed E-state index contributed by atoms with van der Waals surface area (Å²) in [4.78, 5) is 10.5. The molecular formula is C14H19ClO2. The molecule has 1 aromatic rings. The second-order valence-corrected chi connectivity index (χ2v) is 5.54. The van der Waals surface area contributed by atoms with E-state index in [-0.39, 0.29) is 5.41 Å². The smallest absolute Gasteiger partial charge is 0.125 e. The summed E-state index contributed by atoms with van der Waals surface area (Å²) < 4.78 is 5.48. The molecule has 17 heavy (non-hydrogen) atoms. The maximum absolute atomic E-state index is 10.5. The van der Waals surface area contributed by atoms with E-state index in [1.807, 2.05) is 12.1 Å². The van der Waals surface area contributed by atoms with Crippen LogP contribution in [0.2, 0.25) is 5.02 Å². The van der Waals surface area contributed by atoms with Crippen molar-refractivity contribution in [3.8, 4) is 5.75 Å². The Hall–Kier alpha value is -1.02. The van der Waals surface area contributed by atoms with E-state index in [1.165, 1.54) is 0 Å². The highest BCUT2D eigenvalue weighted by molar-refractivity contribution is 6.30. The number of ether oxygens (including phenoxy) is 1. The fraction of sp³-hybridized carbons (Fsp3) is 0.500. The summed E-state index contributed by atoms with van der Waals surface area (Å²) in [5.74, 6) is 0.851. The van der Waals surface area contributed by atoms with Crippen molar-refractivity contribution in [1.29, 1.82) is 0 Å². The van der Waals surface area contributed by atoms with Gasteiger partial charge in [0.2, 0.25) is 0 Å². The van der Waals surface area contributed by atoms with Crippen LogP contribution >= 0.6 is 11.6 Å². The van der Waals surface area contributed by atoms with E-state index >= 15 is 0 Å². The minimum Gasteiger partial charge on any atom is -0.496 e. The lowest BCUT2D eigenvalue weighted by Gasteiger charge is -2.24. The van der Waals surface area contributed by atoms with Crippen molar-refractivity contribution in [3.05, 3.63) is 28.3 Å². The molecule has 1 rings (SSSR count). The minimum absolute atomic E-state index is 0.0355. The molecular weight excluding hydrogens is 236 g/mol. The van der Waals surface area contributed by atoms with Gasteiger partial charge in [-0.15, -0.1) is 0 Å². The molecule has 0 N–H and O–H groups in total. The van der Waals surface area contributed by atoms with E-state index in [2.05, 4.69) is 20.8 Å². The van der Waals surface area contributed by atoms with Crippen molar-refractivity contribution in [1.82, 2.24) is 0 Å². The molecule has 0 fully saturated rings. The molecule has 0 unspecified atom stereocenters. The van der Waals surface area contributed by atoms with E-state index in [0.29, 0.717) is 17.9 Å². The molecule has 0 aliphatic carbocycles. The van der Waals surface area contributed by atoms with Crippen LogP contribution in [0.5, 0.6) is 5.75 Å². The molecule has 0 aromatic heterocycles. The van der Waals surface area contributed by atoms with Crippen molar-refractivity contribution in [2.75, 3.05) is 7.11 Å². The van der Waals surface area contributed by atoms with Gasteiger partial charge in [0, 0.05) is 17.0 Å². The van der Waals surface area contributed by atoms with Gasteiger partial charge >= 0.3 is 0 Å². The second-order valence-electron chi connectivity index (χ2n) is 5.10. The van der Waals surface area contributed by atoms with Crippen LogP contribution in [0.4, 0.5) is 0 Å². The fourth-order valence-electron chi connectivity index (χ4n) is 1.85. The molecule has 0 aliphatic rings. The lowest BCUT2D eigenvalue weighted by Crippen LogP contribution is -2.14. The number of aryl methyl sites for hydroxylation is 1. The van der Waals surface area contributed by atoms with Crippen molar-refractivity contribution in [3.63, 3.8) is 0 Å². The number of methoxy groups -OCH3 is 1. The number of carbonyl (C=O) groups excluding carboxylic acids is 1. The van der Waals surface area contributed by atoms with Crippen molar-refractivity contribution >= 4 is 17.9 Å². The molecule has 0 saturated heterocycles. The summed E-state index contributed by atoms with van der Waals surface area (Å²) in [5, 5.41) is 0.691. The third-order valence-electron chi connectivity index (χ3n) is 2.67. The first-order valence-electron chi connectivity index (χ1n) is 5.70. The number of carbonyl (C=O) groups is 1. The van der Waals surface area contributed by atoms with Gasteiger partial charge in [0.05, 0.1) is 7.11 Å². The molecule has 0 heterocycles. The van der Waals surface area contributed by atoms with E-state index < -0.39 is 0 Å². The highest BCUT2D eigenvalue weighted by Crippen LogP contribution is 2.36. The summed E-state index contributed by atoms with van der Waals surface area (Å²) in [6, 6.07) is 3.81. The first kappa shape index (κ1) is 14.0. The zero-order valence-electron chi connectivity index (χ0n) is 10.8. The molecule has 2 nitrogen and oxygen atoms in total. The first-order chi connectivity index (χ1) is 7.90. The largest absolute Gasteiger partial charge is 0.496 e. The number of rotatable bonds is 4. The van der Waals surface area contributed by atoms with Crippen LogP contribution in [0.25, 0.3) is 0 Å². The van der Waals surface area contributed by atoms with Crippen LogP contribution in [0, 0.1) is 0 Å². The average molecular weight is 255 g/mol. The zero-order chi connectivity index (χ0) is 13.1. The third kappa shape index (κ3) is 3.47. The Morgan fingerprint density at radius 2 is 2.00 bits per heavy atom. The third-order valence-corrected chi connectivity index (χ3v) is 2.89. The van der Waals surface area contributed by atoms with Crippen LogP contribution in [0.15, 0.2) is 12.1 Å². The fourth-order valence-corrected chi connectivity index (χ4v) is 2.09. The van der Waals surface area contributed by atoms with Crippen molar-refractivity contribution < 1.29 is 9.53 Å². The predicted octanol–water partition coefficient (Wildman–Crippen LogP) is 3.78. The van der Waals surface area contributed by atoms with E-state index in [0.717, 1.165) is 23.2 Å². The molecule has 0 bridgehead atoms. The Labute approximate surface area is 108 Å². The molecule has 0 aliphatic heterocycles. The van der Waals surface area contributed by atoms with Gasteiger partial charge < -0.3 is 9.53 Å². The molecule has 3 heteroatoms. The summed E-state index contributed by atoms with van der Waals surface area (Å²) in [6.07, 6.45) is 2.06. The van der Waals surface area contributed by atoms with Gasteiger partial charge in [-0.25, -0.2) is 0 Å². The van der Waals surface area contributed by atoms with Gasteiger partial charge in [0.25, 0.3) is 0 Å². The number of halogens is 1. The standard InChI is InChI=1S/C14H19ClO2/c1-14(2,3)12-9-11(15)8-10(6-5-7-16)13(12)17-4/h7-9H,5-6H2,1-4H3. The quantitative estimate of drug-likeness (QED) is 0.765. The van der Waals surface area contributed by atoms with Crippen LogP contribution in [0.1, 0.15) is 38.3 Å². The number of benzene rings is 1. The number of aldehydes is 1. The minimum atomic E-state index is -0.0355. The predicted molar refractivity (Wildman–Crippen MR) is 71.1 cm³/mol. The van der Waals surface area contributed by atoms with Gasteiger partial charge in [-0.3, -0.25) is 0 Å². The highest BCUT2D eigenvalue weighted by atomic mass is 35.5. The zero-order valence-corrected chi connectivity index (χ0v) is 11.6. The molecule has 0 radical (unpaired) electrons. The molecule has 94 valence electrons. The second kappa shape index (κ2) is 5.54. The topological polar surface area (TPSA) is 26.3 Å².